The zero-order valence-corrected chi connectivity index (χ0v) is 9.23. The van der Waals surface area contributed by atoms with E-state index in [1.165, 1.54) is 0 Å². The van der Waals surface area contributed by atoms with Crippen molar-refractivity contribution < 1.29 is 5.11 Å². The van der Waals surface area contributed by atoms with E-state index in [4.69, 9.17) is 0 Å². The fourth-order valence-corrected chi connectivity index (χ4v) is 1.68. The second-order valence-corrected chi connectivity index (χ2v) is 4.62. The van der Waals surface area contributed by atoms with Crippen molar-refractivity contribution >= 4 is 5.65 Å². The largest absolute Gasteiger partial charge is 0.391 e. The highest BCUT2D eigenvalue weighted by molar-refractivity contribution is 5.50. The number of aromatic nitrogens is 3. The molecule has 0 saturated carbocycles. The Bertz CT molecular complexity index is 482. The molecule has 0 bridgehead atoms. The highest BCUT2D eigenvalue weighted by Crippen LogP contribution is 2.26. The lowest BCUT2D eigenvalue weighted by Gasteiger charge is -2.16. The third-order valence-corrected chi connectivity index (χ3v) is 2.36. The first-order valence-electron chi connectivity index (χ1n) is 4.97. The topological polar surface area (TPSA) is 50.4 Å². The third kappa shape index (κ3) is 1.61. The van der Waals surface area contributed by atoms with Gasteiger partial charge < -0.3 is 5.11 Å². The molecule has 4 nitrogen and oxygen atoms in total. The van der Waals surface area contributed by atoms with Crippen molar-refractivity contribution in [3.63, 3.8) is 0 Å². The summed E-state index contributed by atoms with van der Waals surface area (Å²) in [7, 11) is 0. The van der Waals surface area contributed by atoms with E-state index >= 15 is 0 Å². The average Bonchev–Trinajstić information content (AvgIpc) is 2.55. The fraction of sp³-hybridized carbons (Fsp3) is 0.455. The average molecular weight is 205 g/mol. The summed E-state index contributed by atoms with van der Waals surface area (Å²) in [4.78, 5) is 4.23. The molecular formula is C11H15N3O. The van der Waals surface area contributed by atoms with Crippen molar-refractivity contribution in [2.75, 3.05) is 0 Å². The molecule has 0 saturated heterocycles. The zero-order chi connectivity index (χ0) is 11.1. The lowest BCUT2D eigenvalue weighted by atomic mass is 9.89. The lowest BCUT2D eigenvalue weighted by Crippen LogP contribution is -2.14. The molecule has 0 atom stereocenters. The van der Waals surface area contributed by atoms with E-state index in [9.17, 15) is 5.11 Å². The Morgan fingerprint density at radius 1 is 1.40 bits per heavy atom. The van der Waals surface area contributed by atoms with Gasteiger partial charge in [-0.15, -0.1) is 0 Å². The summed E-state index contributed by atoms with van der Waals surface area (Å²) in [6, 6.07) is 1.83. The third-order valence-electron chi connectivity index (χ3n) is 2.36. The second kappa shape index (κ2) is 3.31. The summed E-state index contributed by atoms with van der Waals surface area (Å²) in [5.74, 6) is 0. The molecule has 80 valence electrons. The molecule has 1 N–H and O–H groups in total. The van der Waals surface area contributed by atoms with Crippen LogP contribution in [0.5, 0.6) is 0 Å². The first-order valence-corrected chi connectivity index (χ1v) is 4.97. The number of aliphatic hydroxyl groups excluding tert-OH is 1. The quantitative estimate of drug-likeness (QED) is 0.768. The van der Waals surface area contributed by atoms with Gasteiger partial charge in [0.15, 0.2) is 5.65 Å². The van der Waals surface area contributed by atoms with E-state index in [1.807, 2.05) is 12.3 Å². The van der Waals surface area contributed by atoms with Crippen LogP contribution >= 0.6 is 0 Å². The predicted octanol–water partition coefficient (Wildman–Crippen LogP) is 1.52. The molecule has 0 aliphatic rings. The Kier molecular flexibility index (Phi) is 2.23. The molecule has 0 aliphatic heterocycles. The van der Waals surface area contributed by atoms with Crippen molar-refractivity contribution in [3.05, 3.63) is 29.7 Å². The monoisotopic (exact) mass is 205 g/mol. The number of fused-ring (bicyclic) bond motifs is 1. The predicted molar refractivity (Wildman–Crippen MR) is 57.6 cm³/mol. The van der Waals surface area contributed by atoms with E-state index in [2.05, 4.69) is 30.9 Å². The summed E-state index contributed by atoms with van der Waals surface area (Å²) in [5, 5.41) is 13.8. The normalized spacial score (nSPS) is 12.3. The second-order valence-electron chi connectivity index (χ2n) is 4.62. The van der Waals surface area contributed by atoms with Crippen LogP contribution in [0.15, 0.2) is 18.5 Å². The number of hydrogen-bond donors (Lipinski definition) is 1. The number of aliphatic hydroxyl groups is 1. The number of rotatable bonds is 1. The summed E-state index contributed by atoms with van der Waals surface area (Å²) in [5.41, 5.74) is 2.39. The Hall–Kier alpha value is -1.42. The molecule has 0 spiro atoms. The van der Waals surface area contributed by atoms with Crippen LogP contribution in [-0.2, 0) is 12.0 Å². The highest BCUT2D eigenvalue weighted by Gasteiger charge is 2.23. The highest BCUT2D eigenvalue weighted by atomic mass is 16.3. The zero-order valence-electron chi connectivity index (χ0n) is 9.23. The van der Waals surface area contributed by atoms with Gasteiger partial charge >= 0.3 is 0 Å². The Morgan fingerprint density at radius 2 is 2.13 bits per heavy atom. The molecule has 2 rings (SSSR count). The Morgan fingerprint density at radius 3 is 2.73 bits per heavy atom. The van der Waals surface area contributed by atoms with Gasteiger partial charge in [-0.1, -0.05) is 20.8 Å². The van der Waals surface area contributed by atoms with Crippen LogP contribution in [0, 0.1) is 0 Å². The first-order chi connectivity index (χ1) is 7.04. The van der Waals surface area contributed by atoms with Crippen LogP contribution < -0.4 is 0 Å². The standard InChI is InChI=1S/C11H15N3O/c1-11(2,3)9-8(7-15)10-12-5-4-6-14(10)13-9/h4-6,15H,7H2,1-3H3. The minimum Gasteiger partial charge on any atom is -0.391 e. The van der Waals surface area contributed by atoms with Gasteiger partial charge in [0.05, 0.1) is 12.3 Å². The van der Waals surface area contributed by atoms with E-state index < -0.39 is 0 Å². The van der Waals surface area contributed by atoms with Gasteiger partial charge in [0.2, 0.25) is 0 Å². The molecule has 2 heterocycles. The first kappa shape index (κ1) is 10.1. The minimum atomic E-state index is -0.0776. The minimum absolute atomic E-state index is 0.0207. The lowest BCUT2D eigenvalue weighted by molar-refractivity contribution is 0.279. The van der Waals surface area contributed by atoms with Crippen molar-refractivity contribution in [2.45, 2.75) is 32.8 Å². The maximum atomic E-state index is 9.38. The molecule has 4 heteroatoms. The van der Waals surface area contributed by atoms with E-state index in [0.29, 0.717) is 0 Å². The van der Waals surface area contributed by atoms with Gasteiger partial charge in [0.25, 0.3) is 0 Å². The van der Waals surface area contributed by atoms with Gasteiger partial charge in [0, 0.05) is 23.4 Å². The smallest absolute Gasteiger partial charge is 0.160 e. The summed E-state index contributed by atoms with van der Waals surface area (Å²) in [6.45, 7) is 6.21. The van der Waals surface area contributed by atoms with Crippen molar-refractivity contribution in [1.29, 1.82) is 0 Å². The van der Waals surface area contributed by atoms with E-state index in [-0.39, 0.29) is 12.0 Å². The molecular weight excluding hydrogens is 190 g/mol. The maximum Gasteiger partial charge on any atom is 0.160 e. The van der Waals surface area contributed by atoms with Crippen LogP contribution in [0.1, 0.15) is 32.0 Å². The number of nitrogens with zero attached hydrogens (tertiary/aromatic N) is 3. The summed E-state index contributed by atoms with van der Waals surface area (Å²) >= 11 is 0. The van der Waals surface area contributed by atoms with Gasteiger partial charge in [0.1, 0.15) is 0 Å². The molecule has 0 fully saturated rings. The fourth-order valence-electron chi connectivity index (χ4n) is 1.68. The van der Waals surface area contributed by atoms with E-state index in [0.717, 1.165) is 16.9 Å². The Labute approximate surface area is 88.6 Å². The van der Waals surface area contributed by atoms with Crippen LogP contribution in [-0.4, -0.2) is 19.7 Å². The molecule has 2 aromatic rings. The van der Waals surface area contributed by atoms with Crippen LogP contribution in [0.3, 0.4) is 0 Å². The maximum absolute atomic E-state index is 9.38. The van der Waals surface area contributed by atoms with Gasteiger partial charge in [-0.25, -0.2) is 9.50 Å². The SMILES string of the molecule is CC(C)(C)c1nn2cccnc2c1CO. The molecule has 0 aliphatic carbocycles. The number of hydrogen-bond acceptors (Lipinski definition) is 3. The summed E-state index contributed by atoms with van der Waals surface area (Å²) < 4.78 is 1.71. The van der Waals surface area contributed by atoms with Crippen LogP contribution in [0.2, 0.25) is 0 Å². The van der Waals surface area contributed by atoms with Crippen molar-refractivity contribution in [2.24, 2.45) is 0 Å². The molecule has 0 aromatic carbocycles. The molecule has 0 unspecified atom stereocenters. The van der Waals surface area contributed by atoms with Gasteiger partial charge in [-0.2, -0.15) is 5.10 Å². The van der Waals surface area contributed by atoms with Gasteiger partial charge in [-0.05, 0) is 6.07 Å². The molecule has 0 amide bonds. The molecule has 15 heavy (non-hydrogen) atoms. The summed E-state index contributed by atoms with van der Waals surface area (Å²) in [6.07, 6.45) is 3.55. The molecule has 2 aromatic heterocycles. The van der Waals surface area contributed by atoms with Crippen LogP contribution in [0.4, 0.5) is 0 Å². The van der Waals surface area contributed by atoms with Crippen LogP contribution in [0.25, 0.3) is 5.65 Å². The van der Waals surface area contributed by atoms with Crippen molar-refractivity contribution in [3.8, 4) is 0 Å². The van der Waals surface area contributed by atoms with Crippen molar-refractivity contribution in [1.82, 2.24) is 14.6 Å². The van der Waals surface area contributed by atoms with E-state index in [1.54, 1.807) is 10.7 Å². The molecule has 0 radical (unpaired) electrons. The van der Waals surface area contributed by atoms with Gasteiger partial charge in [-0.3, -0.25) is 0 Å². The Balaban J connectivity index is 2.75.